The molecular weight excluding hydrogens is 430 g/mol. The average Bonchev–Trinajstić information content (AvgIpc) is 1.88. The molecule has 0 N–H and O–H groups in total. The van der Waals surface area contributed by atoms with Gasteiger partial charge in [0.25, 0.3) is 0 Å². The summed E-state index contributed by atoms with van der Waals surface area (Å²) in [6.45, 7) is 3.13. The Hall–Kier alpha value is 1.66. The van der Waals surface area contributed by atoms with Crippen molar-refractivity contribution in [1.29, 1.82) is 0 Å². The van der Waals surface area contributed by atoms with Crippen LogP contribution in [-0.2, 0) is 9.59 Å². The first-order valence-electron chi connectivity index (χ1n) is 2.98. The van der Waals surface area contributed by atoms with Crippen molar-refractivity contribution in [1.82, 2.24) is 0 Å². The van der Waals surface area contributed by atoms with Gasteiger partial charge < -0.3 is 19.8 Å². The van der Waals surface area contributed by atoms with Gasteiger partial charge in [-0.05, 0) is 13.8 Å². The first kappa shape index (κ1) is 20.1. The molecule has 0 saturated heterocycles. The summed E-state index contributed by atoms with van der Waals surface area (Å²) in [6.07, 6.45) is 0. The minimum Gasteiger partial charge on any atom is -0.549 e. The summed E-state index contributed by atoms with van der Waals surface area (Å²) in [7, 11) is 0. The van der Waals surface area contributed by atoms with E-state index in [1.165, 1.54) is 0 Å². The van der Waals surface area contributed by atoms with E-state index in [4.69, 9.17) is 0 Å². The van der Waals surface area contributed by atoms with Gasteiger partial charge >= 0.3 is 37.7 Å². The molecule has 0 aliphatic heterocycles. The maximum Gasteiger partial charge on any atom is 2.00 e. The Morgan fingerprint density at radius 1 is 1.00 bits per heavy atom. The SMILES string of the molecule is CC(I)C(=O)[O-].CC(I)C(=O)[O-].[Ca+2]. The van der Waals surface area contributed by atoms with Crippen LogP contribution in [0.3, 0.4) is 0 Å². The van der Waals surface area contributed by atoms with Crippen LogP contribution in [0.1, 0.15) is 13.8 Å². The van der Waals surface area contributed by atoms with E-state index < -0.39 is 11.9 Å². The number of carboxylic acids is 2. The molecule has 0 saturated carbocycles. The number of rotatable bonds is 2. The first-order chi connectivity index (χ1) is 5.29. The molecule has 0 spiro atoms. The average molecular weight is 438 g/mol. The second-order valence-corrected chi connectivity index (χ2v) is 5.61. The van der Waals surface area contributed by atoms with E-state index >= 15 is 0 Å². The minimum atomic E-state index is -1.00. The fourth-order valence-electron chi connectivity index (χ4n) is 0. The molecule has 0 aromatic carbocycles. The third kappa shape index (κ3) is 19.9. The zero-order chi connectivity index (χ0) is 10.3. The molecule has 0 aromatic heterocycles. The van der Waals surface area contributed by atoms with Crippen molar-refractivity contribution < 1.29 is 19.8 Å². The van der Waals surface area contributed by atoms with Crippen LogP contribution in [0.25, 0.3) is 0 Å². The second kappa shape index (κ2) is 11.7. The summed E-state index contributed by atoms with van der Waals surface area (Å²) in [5.41, 5.74) is 0. The monoisotopic (exact) mass is 438 g/mol. The van der Waals surface area contributed by atoms with Gasteiger partial charge in [0.2, 0.25) is 0 Å². The third-order valence-electron chi connectivity index (χ3n) is 0.650. The molecule has 0 bridgehead atoms. The molecule has 13 heavy (non-hydrogen) atoms. The van der Waals surface area contributed by atoms with Crippen molar-refractivity contribution in [2.24, 2.45) is 0 Å². The van der Waals surface area contributed by atoms with Crippen molar-refractivity contribution in [3.63, 3.8) is 0 Å². The van der Waals surface area contributed by atoms with Gasteiger partial charge in [-0.1, -0.05) is 45.2 Å². The Balaban J connectivity index is -0.000000143. The molecule has 0 aromatic rings. The molecule has 0 rings (SSSR count). The summed E-state index contributed by atoms with van der Waals surface area (Å²) in [6, 6.07) is 0. The molecular formula is C6H8CaI2O4. The Morgan fingerprint density at radius 3 is 1.08 bits per heavy atom. The summed E-state index contributed by atoms with van der Waals surface area (Å²) < 4.78 is -0.745. The van der Waals surface area contributed by atoms with Gasteiger partial charge in [-0.25, -0.2) is 0 Å². The molecule has 4 nitrogen and oxygen atoms in total. The van der Waals surface area contributed by atoms with Crippen LogP contribution in [-0.4, -0.2) is 57.5 Å². The van der Waals surface area contributed by atoms with Gasteiger partial charge in [0.05, 0.1) is 11.9 Å². The van der Waals surface area contributed by atoms with Crippen molar-refractivity contribution in [3.05, 3.63) is 0 Å². The van der Waals surface area contributed by atoms with Crippen molar-refractivity contribution >= 4 is 94.9 Å². The van der Waals surface area contributed by atoms with Gasteiger partial charge in [0.15, 0.2) is 0 Å². The van der Waals surface area contributed by atoms with E-state index in [-0.39, 0.29) is 45.6 Å². The Labute approximate surface area is 134 Å². The molecule has 0 aliphatic carbocycles. The van der Waals surface area contributed by atoms with Crippen LogP contribution in [0.5, 0.6) is 0 Å². The smallest absolute Gasteiger partial charge is 0.549 e. The first-order valence-corrected chi connectivity index (χ1v) is 5.48. The predicted octanol–water partition coefficient (Wildman–Crippen LogP) is -1.26. The Bertz CT molecular complexity index is 143. The second-order valence-electron chi connectivity index (χ2n) is 1.87. The Morgan fingerprint density at radius 2 is 1.08 bits per heavy atom. The molecule has 0 amide bonds. The van der Waals surface area contributed by atoms with Crippen LogP contribution in [0.2, 0.25) is 0 Å². The van der Waals surface area contributed by atoms with Crippen LogP contribution in [0.4, 0.5) is 0 Å². The zero-order valence-electron chi connectivity index (χ0n) is 7.25. The van der Waals surface area contributed by atoms with Crippen molar-refractivity contribution in [2.75, 3.05) is 0 Å². The maximum atomic E-state index is 9.58. The van der Waals surface area contributed by atoms with E-state index in [0.717, 1.165) is 0 Å². The van der Waals surface area contributed by atoms with Gasteiger partial charge in [0.1, 0.15) is 0 Å². The molecule has 0 heterocycles. The molecule has 0 fully saturated rings. The summed E-state index contributed by atoms with van der Waals surface area (Å²) >= 11 is 3.54. The van der Waals surface area contributed by atoms with Crippen LogP contribution in [0.15, 0.2) is 0 Å². The standard InChI is InChI=1S/2C3H5IO2.Ca/c2*1-2(4)3(5)6;/h2*2H,1H3,(H,5,6);/q;;+2/p-2. The fraction of sp³-hybridized carbons (Fsp3) is 0.667. The number of carbonyl (C=O) groups is 2. The number of halogens is 2. The fourth-order valence-corrected chi connectivity index (χ4v) is 0. The van der Waals surface area contributed by atoms with Gasteiger partial charge in [0, 0.05) is 7.85 Å². The van der Waals surface area contributed by atoms with Crippen molar-refractivity contribution in [3.8, 4) is 0 Å². The number of hydrogen-bond acceptors (Lipinski definition) is 4. The van der Waals surface area contributed by atoms with Crippen LogP contribution >= 0.6 is 45.2 Å². The van der Waals surface area contributed by atoms with E-state index in [1.54, 1.807) is 59.0 Å². The van der Waals surface area contributed by atoms with Gasteiger partial charge in [-0.15, -0.1) is 0 Å². The number of carboxylic acid groups (broad SMARTS) is 2. The van der Waals surface area contributed by atoms with Crippen LogP contribution < -0.4 is 10.2 Å². The topological polar surface area (TPSA) is 80.3 Å². The van der Waals surface area contributed by atoms with E-state index in [0.29, 0.717) is 0 Å². The normalized spacial score (nSPS) is 12.6. The number of aliphatic carboxylic acids is 2. The molecule has 2 unspecified atom stereocenters. The van der Waals surface area contributed by atoms with E-state index in [9.17, 15) is 19.8 Å². The molecule has 2 atom stereocenters. The number of carbonyl (C=O) groups excluding carboxylic acids is 2. The minimum absolute atomic E-state index is 0. The molecule has 72 valence electrons. The summed E-state index contributed by atoms with van der Waals surface area (Å²) in [4.78, 5) is 19.2. The molecule has 0 radical (unpaired) electrons. The molecule has 7 heteroatoms. The zero-order valence-corrected chi connectivity index (χ0v) is 13.8. The number of hydrogen-bond donors (Lipinski definition) is 0. The largest absolute Gasteiger partial charge is 2.00 e. The summed E-state index contributed by atoms with van der Waals surface area (Å²) in [5, 5.41) is 19.2. The Kier molecular flexibility index (Phi) is 18.2. The van der Waals surface area contributed by atoms with Crippen LogP contribution in [0, 0.1) is 0 Å². The molecule has 0 aliphatic rings. The third-order valence-corrected chi connectivity index (χ3v) is 1.67. The van der Waals surface area contributed by atoms with Gasteiger partial charge in [-0.2, -0.15) is 0 Å². The predicted molar refractivity (Wildman–Crippen MR) is 62.7 cm³/mol. The van der Waals surface area contributed by atoms with Crippen molar-refractivity contribution in [2.45, 2.75) is 21.7 Å². The maximum absolute atomic E-state index is 9.58. The van der Waals surface area contributed by atoms with Gasteiger partial charge in [-0.3, -0.25) is 0 Å². The number of alkyl halides is 2. The quantitative estimate of drug-likeness (QED) is 0.307. The van der Waals surface area contributed by atoms with E-state index in [2.05, 4.69) is 0 Å². The van der Waals surface area contributed by atoms with E-state index in [1.807, 2.05) is 0 Å². The summed E-state index contributed by atoms with van der Waals surface area (Å²) in [5.74, 6) is -2.01.